The predicted molar refractivity (Wildman–Crippen MR) is 55.4 cm³/mol. The van der Waals surface area contributed by atoms with E-state index >= 15 is 0 Å². The van der Waals surface area contributed by atoms with Crippen LogP contribution in [0.4, 0.5) is 8.78 Å². The molecule has 0 amide bonds. The number of hydrogen-bond donors (Lipinski definition) is 2. The fraction of sp³-hybridized carbons (Fsp3) is 0.455. The van der Waals surface area contributed by atoms with Crippen molar-refractivity contribution in [2.24, 2.45) is 5.73 Å². The van der Waals surface area contributed by atoms with Gasteiger partial charge in [0.15, 0.2) is 0 Å². The molecule has 0 aliphatic heterocycles. The fourth-order valence-corrected chi connectivity index (χ4v) is 1.49. The number of halogens is 2. The molecule has 1 rings (SSSR count). The van der Waals surface area contributed by atoms with Gasteiger partial charge in [0, 0.05) is 12.1 Å². The Labute approximate surface area is 87.7 Å². The van der Waals surface area contributed by atoms with Crippen molar-refractivity contribution in [2.45, 2.75) is 26.2 Å². The van der Waals surface area contributed by atoms with E-state index in [4.69, 9.17) is 5.73 Å². The van der Waals surface area contributed by atoms with Gasteiger partial charge in [-0.05, 0) is 31.0 Å². The van der Waals surface area contributed by atoms with Gasteiger partial charge < -0.3 is 10.8 Å². The molecule has 1 aromatic carbocycles. The number of nitrogens with two attached hydrogens (primary N) is 1. The number of aromatic hydroxyl groups is 1. The lowest BCUT2D eigenvalue weighted by molar-refractivity contribution is 0.116. The van der Waals surface area contributed by atoms with Gasteiger partial charge in [-0.3, -0.25) is 0 Å². The molecule has 0 aliphatic rings. The molecule has 0 aliphatic carbocycles. The van der Waals surface area contributed by atoms with Crippen molar-refractivity contribution in [3.8, 4) is 5.75 Å². The van der Waals surface area contributed by atoms with E-state index in [0.29, 0.717) is 0 Å². The van der Waals surface area contributed by atoms with Gasteiger partial charge >= 0.3 is 0 Å². The Hall–Kier alpha value is -1.16. The van der Waals surface area contributed by atoms with Crippen LogP contribution in [0.5, 0.6) is 5.75 Å². The van der Waals surface area contributed by atoms with Gasteiger partial charge in [-0.2, -0.15) is 0 Å². The molecular formula is C11H15F2NO. The van der Waals surface area contributed by atoms with E-state index in [9.17, 15) is 13.9 Å². The standard InChI is InChI=1S/C11H15F2NO/c1-6-3-8(9(5-14)11(12)13)10(15)4-7(6)2/h3-4,9,11,15H,5,14H2,1-2H3. The highest BCUT2D eigenvalue weighted by Gasteiger charge is 2.24. The van der Waals surface area contributed by atoms with Crippen LogP contribution in [0.25, 0.3) is 0 Å². The highest BCUT2D eigenvalue weighted by atomic mass is 19.3. The number of aryl methyl sites for hydroxylation is 2. The average molecular weight is 215 g/mol. The summed E-state index contributed by atoms with van der Waals surface area (Å²) in [5, 5.41) is 9.58. The number of phenols is 1. The maximum absolute atomic E-state index is 12.6. The van der Waals surface area contributed by atoms with Gasteiger partial charge in [0.1, 0.15) is 5.75 Å². The van der Waals surface area contributed by atoms with Gasteiger partial charge in [0.2, 0.25) is 6.43 Å². The Kier molecular flexibility index (Phi) is 3.63. The molecule has 2 nitrogen and oxygen atoms in total. The maximum atomic E-state index is 12.6. The van der Waals surface area contributed by atoms with Gasteiger partial charge in [0.05, 0.1) is 5.92 Å². The molecule has 1 unspecified atom stereocenters. The molecule has 3 N–H and O–H groups in total. The Morgan fingerprint density at radius 2 is 1.80 bits per heavy atom. The molecule has 0 aromatic heterocycles. The second kappa shape index (κ2) is 4.57. The second-order valence-corrected chi connectivity index (χ2v) is 3.67. The van der Waals surface area contributed by atoms with Crippen LogP contribution in [-0.2, 0) is 0 Å². The molecule has 0 fully saturated rings. The first-order valence-electron chi connectivity index (χ1n) is 4.75. The topological polar surface area (TPSA) is 46.2 Å². The van der Waals surface area contributed by atoms with Crippen molar-refractivity contribution in [3.63, 3.8) is 0 Å². The number of hydrogen-bond acceptors (Lipinski definition) is 2. The zero-order chi connectivity index (χ0) is 11.6. The van der Waals surface area contributed by atoms with Crippen molar-refractivity contribution in [2.75, 3.05) is 6.54 Å². The summed E-state index contributed by atoms with van der Waals surface area (Å²) >= 11 is 0. The molecule has 0 bridgehead atoms. The van der Waals surface area contributed by atoms with Gasteiger partial charge in [-0.15, -0.1) is 0 Å². The lowest BCUT2D eigenvalue weighted by Gasteiger charge is -2.17. The van der Waals surface area contributed by atoms with E-state index in [1.165, 1.54) is 6.07 Å². The van der Waals surface area contributed by atoms with Gasteiger partial charge in [0.25, 0.3) is 0 Å². The Balaban J connectivity index is 3.18. The van der Waals surface area contributed by atoms with Crippen LogP contribution in [0.15, 0.2) is 12.1 Å². The quantitative estimate of drug-likeness (QED) is 0.812. The minimum Gasteiger partial charge on any atom is -0.508 e. The van der Waals surface area contributed by atoms with E-state index in [1.54, 1.807) is 6.07 Å². The molecule has 1 aromatic rings. The van der Waals surface area contributed by atoms with Crippen LogP contribution in [0.3, 0.4) is 0 Å². The molecule has 4 heteroatoms. The van der Waals surface area contributed by atoms with Crippen LogP contribution < -0.4 is 5.73 Å². The third-order valence-electron chi connectivity index (χ3n) is 2.60. The molecule has 0 saturated heterocycles. The first-order chi connectivity index (χ1) is 6.97. The molecular weight excluding hydrogens is 200 g/mol. The lowest BCUT2D eigenvalue weighted by Crippen LogP contribution is -2.20. The minimum atomic E-state index is -2.55. The van der Waals surface area contributed by atoms with Gasteiger partial charge in [-0.1, -0.05) is 6.07 Å². The Morgan fingerprint density at radius 1 is 1.27 bits per heavy atom. The zero-order valence-corrected chi connectivity index (χ0v) is 8.80. The van der Waals surface area contributed by atoms with E-state index in [1.807, 2.05) is 13.8 Å². The van der Waals surface area contributed by atoms with Crippen molar-refractivity contribution in [1.29, 1.82) is 0 Å². The summed E-state index contributed by atoms with van der Waals surface area (Å²) in [5.41, 5.74) is 7.26. The highest BCUT2D eigenvalue weighted by molar-refractivity contribution is 5.43. The van der Waals surface area contributed by atoms with Crippen molar-refractivity contribution < 1.29 is 13.9 Å². The number of rotatable bonds is 3. The van der Waals surface area contributed by atoms with Crippen LogP contribution in [0.2, 0.25) is 0 Å². The Morgan fingerprint density at radius 3 is 2.27 bits per heavy atom. The Bertz CT molecular complexity index is 353. The molecule has 84 valence electrons. The first-order valence-corrected chi connectivity index (χ1v) is 4.75. The summed E-state index contributed by atoms with van der Waals surface area (Å²) in [4.78, 5) is 0. The third-order valence-corrected chi connectivity index (χ3v) is 2.60. The van der Waals surface area contributed by atoms with Crippen molar-refractivity contribution >= 4 is 0 Å². The molecule has 0 radical (unpaired) electrons. The summed E-state index contributed by atoms with van der Waals surface area (Å²) in [6.45, 7) is 3.46. The zero-order valence-electron chi connectivity index (χ0n) is 8.80. The summed E-state index contributed by atoms with van der Waals surface area (Å²) in [6, 6.07) is 3.07. The van der Waals surface area contributed by atoms with Gasteiger partial charge in [-0.25, -0.2) is 8.78 Å². The minimum absolute atomic E-state index is 0.103. The van der Waals surface area contributed by atoms with Crippen LogP contribution >= 0.6 is 0 Å². The largest absolute Gasteiger partial charge is 0.508 e. The van der Waals surface area contributed by atoms with Crippen molar-refractivity contribution in [1.82, 2.24) is 0 Å². The third kappa shape index (κ3) is 2.45. The number of phenolic OH excluding ortho intramolecular Hbond substituents is 1. The summed E-state index contributed by atoms with van der Waals surface area (Å²) in [6.07, 6.45) is -2.55. The normalized spacial score (nSPS) is 13.2. The van der Waals surface area contributed by atoms with Crippen LogP contribution in [0.1, 0.15) is 22.6 Å². The second-order valence-electron chi connectivity index (χ2n) is 3.67. The first kappa shape index (κ1) is 11.9. The van der Waals surface area contributed by atoms with E-state index in [2.05, 4.69) is 0 Å². The molecule has 0 spiro atoms. The SMILES string of the molecule is Cc1cc(O)c(C(CN)C(F)F)cc1C. The smallest absolute Gasteiger partial charge is 0.246 e. The maximum Gasteiger partial charge on any atom is 0.246 e. The summed E-state index contributed by atoms with van der Waals surface area (Å²) in [5.74, 6) is -1.20. The predicted octanol–water partition coefficient (Wildman–Crippen LogP) is 2.32. The number of alkyl halides is 2. The molecule has 0 heterocycles. The van der Waals surface area contributed by atoms with E-state index in [0.717, 1.165) is 11.1 Å². The average Bonchev–Trinajstić information content (AvgIpc) is 2.14. The highest BCUT2D eigenvalue weighted by Crippen LogP contribution is 2.31. The number of benzene rings is 1. The monoisotopic (exact) mass is 215 g/mol. The summed E-state index contributed by atoms with van der Waals surface area (Å²) < 4.78 is 25.2. The molecule has 0 saturated carbocycles. The van der Waals surface area contributed by atoms with Crippen LogP contribution in [-0.4, -0.2) is 18.1 Å². The fourth-order valence-electron chi connectivity index (χ4n) is 1.49. The van der Waals surface area contributed by atoms with Crippen molar-refractivity contribution in [3.05, 3.63) is 28.8 Å². The molecule has 1 atom stereocenters. The van der Waals surface area contributed by atoms with E-state index < -0.39 is 12.3 Å². The van der Waals surface area contributed by atoms with E-state index in [-0.39, 0.29) is 17.9 Å². The molecule has 15 heavy (non-hydrogen) atoms. The van der Waals surface area contributed by atoms with Crippen LogP contribution in [0, 0.1) is 13.8 Å². The summed E-state index contributed by atoms with van der Waals surface area (Å²) in [7, 11) is 0. The lowest BCUT2D eigenvalue weighted by atomic mass is 9.95.